The maximum atomic E-state index is 13.0. The fraction of sp³-hybridized carbons (Fsp3) is 0.529. The molecule has 1 saturated heterocycles. The van der Waals surface area contributed by atoms with Crippen molar-refractivity contribution >= 4 is 22.9 Å². The first-order valence-corrected chi connectivity index (χ1v) is 8.51. The van der Waals surface area contributed by atoms with E-state index < -0.39 is 0 Å². The normalized spacial score (nSPS) is 15.6. The molecule has 0 bridgehead atoms. The molecule has 0 spiro atoms. The van der Waals surface area contributed by atoms with Crippen LogP contribution in [0.4, 0.5) is 0 Å². The molecule has 8 nitrogen and oxygen atoms in total. The number of hydrogen-bond acceptors (Lipinski definition) is 6. The Morgan fingerprint density at radius 2 is 1.96 bits per heavy atom. The second kappa shape index (κ2) is 7.18. The highest BCUT2D eigenvalue weighted by molar-refractivity contribution is 6.06. The second-order valence-electron chi connectivity index (χ2n) is 6.28. The molecule has 0 unspecified atom stereocenters. The minimum Gasteiger partial charge on any atom is -0.355 e. The third kappa shape index (κ3) is 3.63. The third-order valence-corrected chi connectivity index (χ3v) is 4.38. The van der Waals surface area contributed by atoms with E-state index in [-0.39, 0.29) is 11.8 Å². The molecule has 0 aromatic carbocycles. The van der Waals surface area contributed by atoms with Crippen molar-refractivity contribution in [1.82, 2.24) is 25.3 Å². The van der Waals surface area contributed by atoms with Gasteiger partial charge in [-0.05, 0) is 26.8 Å². The Kier molecular flexibility index (Phi) is 4.98. The molecule has 3 heterocycles. The number of pyridine rings is 1. The highest BCUT2D eigenvalue weighted by Crippen LogP contribution is 2.23. The molecular weight excluding hydrogens is 322 g/mol. The Bertz CT molecular complexity index is 793. The summed E-state index contributed by atoms with van der Waals surface area (Å²) >= 11 is 0. The number of nitrogens with zero attached hydrogens (tertiary/aromatic N) is 4. The maximum Gasteiger partial charge on any atom is 0.258 e. The first-order chi connectivity index (χ1) is 12.0. The van der Waals surface area contributed by atoms with Crippen molar-refractivity contribution in [3.63, 3.8) is 0 Å². The fourth-order valence-corrected chi connectivity index (χ4v) is 3.12. The van der Waals surface area contributed by atoms with Gasteiger partial charge in [0.2, 0.25) is 5.91 Å². The van der Waals surface area contributed by atoms with Crippen molar-refractivity contribution in [3.05, 3.63) is 23.0 Å². The summed E-state index contributed by atoms with van der Waals surface area (Å²) in [5.74, 6) is -0.0201. The average Bonchev–Trinajstić information content (AvgIpc) is 2.95. The Balaban J connectivity index is 1.71. The van der Waals surface area contributed by atoms with Crippen molar-refractivity contribution in [2.75, 3.05) is 39.3 Å². The van der Waals surface area contributed by atoms with Crippen LogP contribution in [-0.4, -0.2) is 71.0 Å². The lowest BCUT2D eigenvalue weighted by molar-refractivity contribution is -0.122. The molecule has 2 amide bonds. The van der Waals surface area contributed by atoms with Gasteiger partial charge in [-0.3, -0.25) is 14.5 Å². The molecule has 1 N–H and O–H groups in total. The van der Waals surface area contributed by atoms with E-state index in [0.717, 1.165) is 5.69 Å². The highest BCUT2D eigenvalue weighted by Gasteiger charge is 2.26. The smallest absolute Gasteiger partial charge is 0.258 e. The van der Waals surface area contributed by atoms with Gasteiger partial charge in [0.15, 0.2) is 0 Å². The van der Waals surface area contributed by atoms with E-state index in [9.17, 15) is 9.59 Å². The van der Waals surface area contributed by atoms with E-state index >= 15 is 0 Å². The van der Waals surface area contributed by atoms with Crippen molar-refractivity contribution in [2.24, 2.45) is 0 Å². The monoisotopic (exact) mass is 345 g/mol. The first kappa shape index (κ1) is 17.3. The summed E-state index contributed by atoms with van der Waals surface area (Å²) in [7, 11) is 0. The van der Waals surface area contributed by atoms with Crippen LogP contribution in [0.1, 0.15) is 28.7 Å². The molecule has 25 heavy (non-hydrogen) atoms. The quantitative estimate of drug-likeness (QED) is 0.878. The van der Waals surface area contributed by atoms with Gasteiger partial charge in [-0.25, -0.2) is 4.98 Å². The number of fused-ring (bicyclic) bond motifs is 1. The van der Waals surface area contributed by atoms with Gasteiger partial charge in [0.05, 0.1) is 23.2 Å². The maximum absolute atomic E-state index is 13.0. The number of amides is 2. The van der Waals surface area contributed by atoms with E-state index in [2.05, 4.69) is 20.4 Å². The number of aromatic nitrogens is 2. The molecule has 8 heteroatoms. The van der Waals surface area contributed by atoms with Crippen molar-refractivity contribution in [2.45, 2.75) is 20.8 Å². The van der Waals surface area contributed by atoms with Crippen LogP contribution in [0.5, 0.6) is 0 Å². The molecule has 3 rings (SSSR count). The predicted octanol–water partition coefficient (Wildman–Crippen LogP) is 0.734. The van der Waals surface area contributed by atoms with Gasteiger partial charge in [0, 0.05) is 38.4 Å². The minimum absolute atomic E-state index is 0.0221. The Morgan fingerprint density at radius 3 is 2.64 bits per heavy atom. The number of carbonyl (C=O) groups excluding carboxylic acids is 2. The Labute approximate surface area is 146 Å². The summed E-state index contributed by atoms with van der Waals surface area (Å²) in [6, 6.07) is 1.79. The Morgan fingerprint density at radius 1 is 1.24 bits per heavy atom. The molecule has 2 aromatic heterocycles. The molecule has 0 saturated carbocycles. The van der Waals surface area contributed by atoms with E-state index in [1.165, 1.54) is 0 Å². The second-order valence-corrected chi connectivity index (χ2v) is 6.28. The SMILES string of the molecule is CCNC(=O)CN1CCN(C(=O)c2cc(C)nc3onc(C)c23)CC1. The van der Waals surface area contributed by atoms with Gasteiger partial charge in [-0.2, -0.15) is 0 Å². The molecule has 1 aliphatic heterocycles. The highest BCUT2D eigenvalue weighted by atomic mass is 16.5. The van der Waals surface area contributed by atoms with E-state index in [0.29, 0.717) is 61.6 Å². The van der Waals surface area contributed by atoms with E-state index in [1.807, 2.05) is 25.7 Å². The van der Waals surface area contributed by atoms with Crippen LogP contribution < -0.4 is 5.32 Å². The zero-order chi connectivity index (χ0) is 18.0. The minimum atomic E-state index is -0.0422. The zero-order valence-electron chi connectivity index (χ0n) is 14.8. The molecule has 0 aliphatic carbocycles. The number of carbonyl (C=O) groups is 2. The molecule has 0 radical (unpaired) electrons. The van der Waals surface area contributed by atoms with Gasteiger partial charge >= 0.3 is 0 Å². The Hall–Kier alpha value is -2.48. The number of aryl methyl sites for hydroxylation is 2. The van der Waals surface area contributed by atoms with Crippen molar-refractivity contribution in [1.29, 1.82) is 0 Å². The van der Waals surface area contributed by atoms with Crippen LogP contribution in [-0.2, 0) is 4.79 Å². The molecule has 2 aromatic rings. The van der Waals surface area contributed by atoms with Crippen LogP contribution in [0.15, 0.2) is 10.6 Å². The van der Waals surface area contributed by atoms with Gasteiger partial charge in [0.25, 0.3) is 11.6 Å². The van der Waals surface area contributed by atoms with Gasteiger partial charge < -0.3 is 14.7 Å². The number of nitrogens with one attached hydrogen (secondary N) is 1. The largest absolute Gasteiger partial charge is 0.355 e. The van der Waals surface area contributed by atoms with E-state index in [4.69, 9.17) is 4.52 Å². The zero-order valence-corrected chi connectivity index (χ0v) is 14.8. The number of likely N-dealkylation sites (N-methyl/N-ethyl adjacent to an activating group) is 1. The van der Waals surface area contributed by atoms with Crippen LogP contribution in [0.2, 0.25) is 0 Å². The van der Waals surface area contributed by atoms with Gasteiger partial charge in [-0.1, -0.05) is 5.16 Å². The summed E-state index contributed by atoms with van der Waals surface area (Å²) in [5.41, 5.74) is 2.37. The molecule has 0 atom stereocenters. The first-order valence-electron chi connectivity index (χ1n) is 8.51. The fourth-order valence-electron chi connectivity index (χ4n) is 3.12. The molecule has 1 fully saturated rings. The molecule has 134 valence electrons. The van der Waals surface area contributed by atoms with Gasteiger partial charge in [-0.15, -0.1) is 0 Å². The van der Waals surface area contributed by atoms with Crippen molar-refractivity contribution < 1.29 is 14.1 Å². The molecule has 1 aliphatic rings. The number of hydrogen-bond donors (Lipinski definition) is 1. The summed E-state index contributed by atoms with van der Waals surface area (Å²) < 4.78 is 5.21. The summed E-state index contributed by atoms with van der Waals surface area (Å²) in [6.07, 6.45) is 0. The van der Waals surface area contributed by atoms with Crippen LogP contribution >= 0.6 is 0 Å². The molecular formula is C17H23N5O3. The van der Waals surface area contributed by atoms with Gasteiger partial charge in [0.1, 0.15) is 0 Å². The predicted molar refractivity (Wildman–Crippen MR) is 92.3 cm³/mol. The summed E-state index contributed by atoms with van der Waals surface area (Å²) in [6.45, 7) is 9.08. The lowest BCUT2D eigenvalue weighted by Crippen LogP contribution is -2.51. The van der Waals surface area contributed by atoms with Crippen LogP contribution in [0.25, 0.3) is 11.1 Å². The topological polar surface area (TPSA) is 91.6 Å². The number of rotatable bonds is 4. The summed E-state index contributed by atoms with van der Waals surface area (Å²) in [4.78, 5) is 32.8. The van der Waals surface area contributed by atoms with E-state index in [1.54, 1.807) is 6.07 Å². The lowest BCUT2D eigenvalue weighted by atomic mass is 10.1. The lowest BCUT2D eigenvalue weighted by Gasteiger charge is -2.34. The standard InChI is InChI=1S/C17H23N5O3/c1-4-18-14(23)10-21-5-7-22(8-6-21)17(24)13-9-11(2)19-16-15(13)12(3)20-25-16/h9H,4-8,10H2,1-3H3,(H,18,23). The van der Waals surface area contributed by atoms with Crippen LogP contribution in [0.3, 0.4) is 0 Å². The number of piperazine rings is 1. The van der Waals surface area contributed by atoms with Crippen LogP contribution in [0, 0.1) is 13.8 Å². The summed E-state index contributed by atoms with van der Waals surface area (Å²) in [5, 5.41) is 7.40. The van der Waals surface area contributed by atoms with Crippen molar-refractivity contribution in [3.8, 4) is 0 Å². The third-order valence-electron chi connectivity index (χ3n) is 4.38. The average molecular weight is 345 g/mol.